The molecule has 0 radical (unpaired) electrons. The Balaban J connectivity index is 1.51. The third kappa shape index (κ3) is 3.89. The van der Waals surface area contributed by atoms with E-state index in [-0.39, 0.29) is 0 Å². The molecular weight excluding hydrogens is 306 g/mol. The van der Waals surface area contributed by atoms with Gasteiger partial charge in [-0.15, -0.1) is 0 Å². The normalized spacial score (nSPS) is 13.0. The van der Waals surface area contributed by atoms with E-state index in [1.807, 2.05) is 36.7 Å². The summed E-state index contributed by atoms with van der Waals surface area (Å²) in [5.41, 5.74) is 5.85. The van der Waals surface area contributed by atoms with Crippen LogP contribution in [-0.4, -0.2) is 15.7 Å². The Morgan fingerprint density at radius 1 is 0.840 bits per heavy atom. The Labute approximate surface area is 147 Å². The molecule has 3 nitrogen and oxygen atoms in total. The van der Waals surface area contributed by atoms with Crippen LogP contribution >= 0.6 is 0 Å². The lowest BCUT2D eigenvalue weighted by Crippen LogP contribution is -2.02. The van der Waals surface area contributed by atoms with Crippen LogP contribution in [0.15, 0.2) is 84.1 Å². The fourth-order valence-electron chi connectivity index (χ4n) is 3.03. The van der Waals surface area contributed by atoms with E-state index in [1.54, 1.807) is 0 Å². The molecule has 0 saturated carbocycles. The molecule has 1 aliphatic rings. The van der Waals surface area contributed by atoms with E-state index in [2.05, 4.69) is 52.5 Å². The molecule has 0 fully saturated rings. The molecule has 0 aliphatic carbocycles. The van der Waals surface area contributed by atoms with E-state index in [1.165, 1.54) is 16.7 Å². The smallest absolute Gasteiger partial charge is 0.132 e. The van der Waals surface area contributed by atoms with Gasteiger partial charge in [0.25, 0.3) is 0 Å². The minimum atomic E-state index is 0.761. The van der Waals surface area contributed by atoms with Crippen LogP contribution in [0, 0.1) is 0 Å². The Morgan fingerprint density at radius 3 is 2.56 bits per heavy atom. The van der Waals surface area contributed by atoms with Crippen molar-refractivity contribution in [1.82, 2.24) is 9.97 Å². The van der Waals surface area contributed by atoms with Gasteiger partial charge in [0, 0.05) is 37.4 Å². The van der Waals surface area contributed by atoms with Crippen molar-refractivity contribution in [2.45, 2.75) is 19.3 Å². The molecular formula is C22H19N3. The summed E-state index contributed by atoms with van der Waals surface area (Å²) in [6, 6.07) is 20.9. The van der Waals surface area contributed by atoms with E-state index >= 15 is 0 Å². The first-order chi connectivity index (χ1) is 12.4. The van der Waals surface area contributed by atoms with E-state index < -0.39 is 0 Å². The van der Waals surface area contributed by atoms with Gasteiger partial charge in [-0.3, -0.25) is 4.99 Å². The van der Waals surface area contributed by atoms with Crippen molar-refractivity contribution in [3.05, 3.63) is 107 Å². The number of nitrogens with zero attached hydrogens (tertiary/aromatic N) is 3. The van der Waals surface area contributed by atoms with Crippen LogP contribution in [0.25, 0.3) is 0 Å². The van der Waals surface area contributed by atoms with Crippen LogP contribution < -0.4 is 0 Å². The van der Waals surface area contributed by atoms with Gasteiger partial charge in [-0.1, -0.05) is 54.6 Å². The lowest BCUT2D eigenvalue weighted by molar-refractivity contribution is 0.917. The van der Waals surface area contributed by atoms with E-state index in [0.29, 0.717) is 0 Å². The summed E-state index contributed by atoms with van der Waals surface area (Å²) < 4.78 is 0. The molecule has 4 rings (SSSR count). The zero-order valence-electron chi connectivity index (χ0n) is 14.0. The Morgan fingerprint density at radius 2 is 1.72 bits per heavy atom. The van der Waals surface area contributed by atoms with Gasteiger partial charge in [-0.2, -0.15) is 0 Å². The highest BCUT2D eigenvalue weighted by molar-refractivity contribution is 6.03. The summed E-state index contributed by atoms with van der Waals surface area (Å²) >= 11 is 0. The molecule has 1 aromatic heterocycles. The molecule has 0 atom stereocenters. The molecule has 122 valence electrons. The summed E-state index contributed by atoms with van der Waals surface area (Å²) in [7, 11) is 0. The highest BCUT2D eigenvalue weighted by Gasteiger charge is 2.07. The van der Waals surface area contributed by atoms with Crippen LogP contribution in [-0.2, 0) is 12.8 Å². The summed E-state index contributed by atoms with van der Waals surface area (Å²) in [5.74, 6) is 0.865. The summed E-state index contributed by atoms with van der Waals surface area (Å²) in [4.78, 5) is 13.6. The van der Waals surface area contributed by atoms with Gasteiger partial charge in [0.15, 0.2) is 0 Å². The van der Waals surface area contributed by atoms with Gasteiger partial charge in [0.1, 0.15) is 5.82 Å². The number of benzene rings is 2. The zero-order valence-corrected chi connectivity index (χ0v) is 14.0. The molecule has 0 unspecified atom stereocenters. The fourth-order valence-corrected chi connectivity index (χ4v) is 3.03. The van der Waals surface area contributed by atoms with Crippen molar-refractivity contribution in [3.63, 3.8) is 0 Å². The lowest BCUT2D eigenvalue weighted by atomic mass is 10.0. The second kappa shape index (κ2) is 7.22. The Kier molecular flexibility index (Phi) is 4.46. The molecule has 0 amide bonds. The molecule has 2 aromatic carbocycles. The quantitative estimate of drug-likeness (QED) is 0.699. The third-order valence-electron chi connectivity index (χ3n) is 4.26. The molecule has 3 aromatic rings. The highest BCUT2D eigenvalue weighted by atomic mass is 14.9. The largest absolute Gasteiger partial charge is 0.261 e. The number of hydrogen-bond donors (Lipinski definition) is 0. The molecule has 3 heteroatoms. The van der Waals surface area contributed by atoms with Gasteiger partial charge >= 0.3 is 0 Å². The van der Waals surface area contributed by atoms with Gasteiger partial charge in [0.2, 0.25) is 0 Å². The van der Waals surface area contributed by atoms with Crippen molar-refractivity contribution in [3.8, 4) is 0 Å². The SMILES string of the molecule is C1=CN=C(c2cccc(Cc3ccnc(Cc4ccccc4)n3)c2)C1. The van der Waals surface area contributed by atoms with Crippen molar-refractivity contribution in [1.29, 1.82) is 0 Å². The first-order valence-electron chi connectivity index (χ1n) is 8.52. The van der Waals surface area contributed by atoms with Crippen LogP contribution in [0.3, 0.4) is 0 Å². The van der Waals surface area contributed by atoms with Crippen LogP contribution in [0.5, 0.6) is 0 Å². The minimum Gasteiger partial charge on any atom is -0.261 e. The second-order valence-corrected chi connectivity index (χ2v) is 6.17. The molecule has 0 saturated heterocycles. The second-order valence-electron chi connectivity index (χ2n) is 6.17. The van der Waals surface area contributed by atoms with E-state index in [4.69, 9.17) is 4.98 Å². The zero-order chi connectivity index (χ0) is 16.9. The Hall–Kier alpha value is -3.07. The molecule has 25 heavy (non-hydrogen) atoms. The van der Waals surface area contributed by atoms with Crippen LogP contribution in [0.4, 0.5) is 0 Å². The average molecular weight is 325 g/mol. The third-order valence-corrected chi connectivity index (χ3v) is 4.26. The van der Waals surface area contributed by atoms with Crippen molar-refractivity contribution in [2.24, 2.45) is 4.99 Å². The summed E-state index contributed by atoms with van der Waals surface area (Å²) in [6.07, 6.45) is 8.30. The minimum absolute atomic E-state index is 0.761. The maximum Gasteiger partial charge on any atom is 0.132 e. The summed E-state index contributed by atoms with van der Waals surface area (Å²) in [5, 5.41) is 0. The van der Waals surface area contributed by atoms with E-state index in [0.717, 1.165) is 36.5 Å². The maximum atomic E-state index is 4.74. The first kappa shape index (κ1) is 15.5. The topological polar surface area (TPSA) is 38.1 Å². The monoisotopic (exact) mass is 325 g/mol. The molecule has 0 spiro atoms. The van der Waals surface area contributed by atoms with Gasteiger partial charge in [0.05, 0.1) is 5.71 Å². The Bertz CT molecular complexity index is 927. The van der Waals surface area contributed by atoms with Gasteiger partial charge in [-0.25, -0.2) is 9.97 Å². The number of hydrogen-bond acceptors (Lipinski definition) is 3. The molecule has 1 aliphatic heterocycles. The lowest BCUT2D eigenvalue weighted by Gasteiger charge is -2.07. The predicted octanol–water partition coefficient (Wildman–Crippen LogP) is 4.36. The van der Waals surface area contributed by atoms with Crippen molar-refractivity contribution in [2.75, 3.05) is 0 Å². The van der Waals surface area contributed by atoms with Crippen molar-refractivity contribution >= 4 is 5.71 Å². The predicted molar refractivity (Wildman–Crippen MR) is 101 cm³/mol. The highest BCUT2D eigenvalue weighted by Crippen LogP contribution is 2.15. The summed E-state index contributed by atoms with van der Waals surface area (Å²) in [6.45, 7) is 0. The number of rotatable bonds is 5. The molecule has 0 N–H and O–H groups in total. The number of aromatic nitrogens is 2. The maximum absolute atomic E-state index is 4.74. The van der Waals surface area contributed by atoms with Gasteiger partial charge in [-0.05, 0) is 28.8 Å². The van der Waals surface area contributed by atoms with Crippen molar-refractivity contribution < 1.29 is 0 Å². The number of allylic oxidation sites excluding steroid dienone is 1. The first-order valence-corrected chi connectivity index (χ1v) is 8.52. The number of aliphatic imine (C=N–C) groups is 1. The van der Waals surface area contributed by atoms with Crippen LogP contribution in [0.1, 0.15) is 34.6 Å². The average Bonchev–Trinajstić information content (AvgIpc) is 3.18. The van der Waals surface area contributed by atoms with Gasteiger partial charge < -0.3 is 0 Å². The van der Waals surface area contributed by atoms with Crippen LogP contribution in [0.2, 0.25) is 0 Å². The molecule has 2 heterocycles. The van der Waals surface area contributed by atoms with E-state index in [9.17, 15) is 0 Å². The molecule has 0 bridgehead atoms. The fraction of sp³-hybridized carbons (Fsp3) is 0.136. The standard InChI is InChI=1S/C22H19N3/c1-2-6-17(7-3-1)16-22-24-13-11-20(25-22)15-18-8-4-9-19(14-18)21-10-5-12-23-21/h1-9,11-14H,10,15-16H2.